The number of aromatic hydroxyl groups is 2. The minimum Gasteiger partial charge on any atom is -0.508 e. The van der Waals surface area contributed by atoms with Gasteiger partial charge in [0.25, 0.3) is 0 Å². The van der Waals surface area contributed by atoms with Gasteiger partial charge in [-0.15, -0.1) is 0 Å². The van der Waals surface area contributed by atoms with Crippen molar-refractivity contribution in [1.29, 1.82) is 0 Å². The molecule has 0 unspecified atom stereocenters. The molecule has 0 fully saturated rings. The average Bonchev–Trinajstić information content (AvgIpc) is 3.09. The van der Waals surface area contributed by atoms with Gasteiger partial charge in [0.1, 0.15) is 17.2 Å². The molecular formula is C21H16N2O2. The van der Waals surface area contributed by atoms with Crippen molar-refractivity contribution in [3.8, 4) is 45.1 Å². The van der Waals surface area contributed by atoms with Gasteiger partial charge in [-0.05, 0) is 54.1 Å². The van der Waals surface area contributed by atoms with Crippen molar-refractivity contribution in [1.82, 2.24) is 10.2 Å². The number of aromatic nitrogens is 2. The number of nitrogens with zero attached hydrogens (tertiary/aromatic N) is 1. The Morgan fingerprint density at radius 2 is 1.16 bits per heavy atom. The molecule has 0 saturated carbocycles. The highest BCUT2D eigenvalue weighted by Crippen LogP contribution is 2.38. The number of rotatable bonds is 3. The van der Waals surface area contributed by atoms with Gasteiger partial charge in [-0.3, -0.25) is 5.10 Å². The molecule has 4 heteroatoms. The van der Waals surface area contributed by atoms with Crippen LogP contribution in [-0.2, 0) is 0 Å². The molecule has 122 valence electrons. The van der Waals surface area contributed by atoms with E-state index in [2.05, 4.69) is 10.2 Å². The quantitative estimate of drug-likeness (QED) is 0.505. The van der Waals surface area contributed by atoms with Crippen LogP contribution < -0.4 is 0 Å². The van der Waals surface area contributed by atoms with Gasteiger partial charge in [-0.25, -0.2) is 0 Å². The van der Waals surface area contributed by atoms with Crippen LogP contribution in [0, 0.1) is 0 Å². The second-order valence-electron chi connectivity index (χ2n) is 5.78. The van der Waals surface area contributed by atoms with E-state index in [0.717, 1.165) is 33.6 Å². The lowest BCUT2D eigenvalue weighted by Crippen LogP contribution is -1.85. The number of H-pyrrole nitrogens is 1. The molecule has 0 atom stereocenters. The zero-order chi connectivity index (χ0) is 17.2. The first-order valence-corrected chi connectivity index (χ1v) is 7.95. The molecule has 0 saturated heterocycles. The maximum atomic E-state index is 9.55. The molecule has 0 bridgehead atoms. The Hall–Kier alpha value is -3.53. The summed E-state index contributed by atoms with van der Waals surface area (Å²) in [5, 5.41) is 26.7. The summed E-state index contributed by atoms with van der Waals surface area (Å²) in [5.74, 6) is 0.447. The van der Waals surface area contributed by atoms with E-state index in [1.54, 1.807) is 24.3 Å². The molecule has 0 aliphatic carbocycles. The number of phenols is 2. The SMILES string of the molecule is Oc1ccc(-c2n[nH]c(-c3ccc(O)cc3)c2-c2ccccc2)cc1. The normalized spacial score (nSPS) is 10.7. The topological polar surface area (TPSA) is 69.1 Å². The van der Waals surface area contributed by atoms with Crippen molar-refractivity contribution in [2.75, 3.05) is 0 Å². The molecule has 1 heterocycles. The fourth-order valence-electron chi connectivity index (χ4n) is 2.89. The second-order valence-corrected chi connectivity index (χ2v) is 5.78. The molecule has 1 aromatic heterocycles. The summed E-state index contributed by atoms with van der Waals surface area (Å²) >= 11 is 0. The summed E-state index contributed by atoms with van der Waals surface area (Å²) in [5.41, 5.74) is 5.58. The molecular weight excluding hydrogens is 312 g/mol. The van der Waals surface area contributed by atoms with Crippen LogP contribution in [0.4, 0.5) is 0 Å². The number of hydrogen-bond acceptors (Lipinski definition) is 3. The molecule has 0 aliphatic rings. The Labute approximate surface area is 145 Å². The van der Waals surface area contributed by atoms with E-state index in [1.165, 1.54) is 0 Å². The van der Waals surface area contributed by atoms with Crippen LogP contribution >= 0.6 is 0 Å². The summed E-state index contributed by atoms with van der Waals surface area (Å²) in [6.07, 6.45) is 0. The number of nitrogens with one attached hydrogen (secondary N) is 1. The van der Waals surface area contributed by atoms with E-state index in [4.69, 9.17) is 0 Å². The molecule has 3 N–H and O–H groups in total. The third kappa shape index (κ3) is 2.85. The van der Waals surface area contributed by atoms with Gasteiger partial charge in [0, 0.05) is 16.7 Å². The van der Waals surface area contributed by atoms with Gasteiger partial charge >= 0.3 is 0 Å². The number of hydrogen-bond donors (Lipinski definition) is 3. The predicted octanol–water partition coefficient (Wildman–Crippen LogP) is 4.82. The lowest BCUT2D eigenvalue weighted by atomic mass is 9.96. The van der Waals surface area contributed by atoms with E-state index in [9.17, 15) is 10.2 Å². The first-order valence-electron chi connectivity index (χ1n) is 7.95. The van der Waals surface area contributed by atoms with Gasteiger partial charge in [0.05, 0.1) is 5.69 Å². The van der Waals surface area contributed by atoms with Gasteiger partial charge in [0.15, 0.2) is 0 Å². The molecule has 4 aromatic rings. The Morgan fingerprint density at radius 3 is 1.76 bits per heavy atom. The Kier molecular flexibility index (Phi) is 3.71. The van der Waals surface area contributed by atoms with Crippen molar-refractivity contribution in [3.63, 3.8) is 0 Å². The molecule has 0 amide bonds. The standard InChI is InChI=1S/C21H16N2O2/c24-17-10-6-15(7-11-17)20-19(14-4-2-1-3-5-14)21(23-22-20)16-8-12-18(25)13-9-16/h1-13,24-25H,(H,22,23). The monoisotopic (exact) mass is 328 g/mol. The van der Waals surface area contributed by atoms with E-state index >= 15 is 0 Å². The second kappa shape index (κ2) is 6.17. The van der Waals surface area contributed by atoms with Gasteiger partial charge < -0.3 is 10.2 Å². The molecule has 4 nitrogen and oxygen atoms in total. The maximum Gasteiger partial charge on any atom is 0.115 e. The van der Waals surface area contributed by atoms with Gasteiger partial charge in [-0.1, -0.05) is 30.3 Å². The first kappa shape index (κ1) is 15.0. The fraction of sp³-hybridized carbons (Fsp3) is 0. The fourth-order valence-corrected chi connectivity index (χ4v) is 2.89. The molecule has 0 radical (unpaired) electrons. The molecule has 25 heavy (non-hydrogen) atoms. The van der Waals surface area contributed by atoms with Crippen molar-refractivity contribution < 1.29 is 10.2 Å². The third-order valence-electron chi connectivity index (χ3n) is 4.13. The van der Waals surface area contributed by atoms with Crippen LogP contribution in [0.2, 0.25) is 0 Å². The van der Waals surface area contributed by atoms with Crippen LogP contribution in [0.15, 0.2) is 78.9 Å². The molecule has 0 spiro atoms. The summed E-state index contributed by atoms with van der Waals surface area (Å²) in [6.45, 7) is 0. The van der Waals surface area contributed by atoms with E-state index in [0.29, 0.717) is 0 Å². The first-order chi connectivity index (χ1) is 12.2. The van der Waals surface area contributed by atoms with Crippen LogP contribution in [0.3, 0.4) is 0 Å². The minimum atomic E-state index is 0.222. The zero-order valence-corrected chi connectivity index (χ0v) is 13.3. The van der Waals surface area contributed by atoms with Gasteiger partial charge in [0.2, 0.25) is 0 Å². The Morgan fingerprint density at radius 1 is 0.600 bits per heavy atom. The smallest absolute Gasteiger partial charge is 0.115 e. The maximum absolute atomic E-state index is 9.55. The highest BCUT2D eigenvalue weighted by molar-refractivity contribution is 5.91. The predicted molar refractivity (Wildman–Crippen MR) is 98.2 cm³/mol. The molecule has 4 rings (SSSR count). The summed E-state index contributed by atoms with van der Waals surface area (Å²) < 4.78 is 0. The average molecular weight is 328 g/mol. The van der Waals surface area contributed by atoms with Crippen LogP contribution in [-0.4, -0.2) is 20.4 Å². The van der Waals surface area contributed by atoms with Crippen LogP contribution in [0.25, 0.3) is 33.6 Å². The lowest BCUT2D eigenvalue weighted by Gasteiger charge is -2.07. The van der Waals surface area contributed by atoms with E-state index in [1.807, 2.05) is 54.6 Å². The van der Waals surface area contributed by atoms with E-state index < -0.39 is 0 Å². The number of benzene rings is 3. The number of phenolic OH excluding ortho intramolecular Hbond substituents is 2. The highest BCUT2D eigenvalue weighted by atomic mass is 16.3. The highest BCUT2D eigenvalue weighted by Gasteiger charge is 2.18. The minimum absolute atomic E-state index is 0.222. The molecule has 3 aromatic carbocycles. The van der Waals surface area contributed by atoms with Gasteiger partial charge in [-0.2, -0.15) is 5.10 Å². The van der Waals surface area contributed by atoms with Crippen molar-refractivity contribution in [3.05, 3.63) is 78.9 Å². The summed E-state index contributed by atoms with van der Waals surface area (Å²) in [4.78, 5) is 0. The summed E-state index contributed by atoms with van der Waals surface area (Å²) in [6, 6.07) is 24.1. The Balaban J connectivity index is 1.94. The Bertz CT molecular complexity index is 926. The van der Waals surface area contributed by atoms with Crippen molar-refractivity contribution in [2.24, 2.45) is 0 Å². The van der Waals surface area contributed by atoms with Crippen LogP contribution in [0.1, 0.15) is 0 Å². The zero-order valence-electron chi connectivity index (χ0n) is 13.3. The molecule has 0 aliphatic heterocycles. The van der Waals surface area contributed by atoms with Crippen molar-refractivity contribution in [2.45, 2.75) is 0 Å². The van der Waals surface area contributed by atoms with E-state index in [-0.39, 0.29) is 11.5 Å². The summed E-state index contributed by atoms with van der Waals surface area (Å²) in [7, 11) is 0. The number of aromatic amines is 1. The lowest BCUT2D eigenvalue weighted by molar-refractivity contribution is 0.475. The van der Waals surface area contributed by atoms with Crippen molar-refractivity contribution >= 4 is 0 Å². The largest absolute Gasteiger partial charge is 0.508 e. The third-order valence-corrected chi connectivity index (χ3v) is 4.13. The van der Waals surface area contributed by atoms with Crippen LogP contribution in [0.5, 0.6) is 11.5 Å².